The van der Waals surface area contributed by atoms with E-state index in [1.54, 1.807) is 0 Å². The number of nitrogens with one attached hydrogen (secondary N) is 1. The normalized spacial score (nSPS) is 26.8. The maximum Gasteiger partial charge on any atom is 0.326 e. The molecule has 2 N–H and O–H groups in total. The molecule has 0 saturated carbocycles. The molecule has 0 aliphatic carbocycles. The van der Waals surface area contributed by atoms with Gasteiger partial charge >= 0.3 is 5.97 Å². The molecule has 2 amide bonds. The topological polar surface area (TPSA) is 90.0 Å². The lowest BCUT2D eigenvalue weighted by molar-refractivity contribution is -0.148. The highest BCUT2D eigenvalue weighted by molar-refractivity contribution is 5.89. The van der Waals surface area contributed by atoms with Gasteiger partial charge in [0.1, 0.15) is 6.04 Å². The summed E-state index contributed by atoms with van der Waals surface area (Å²) in [4.78, 5) is 38.3. The van der Waals surface area contributed by atoms with Crippen LogP contribution in [0.1, 0.15) is 25.7 Å². The molecule has 112 valence electrons. The molecular formula is C13H21N3O4. The zero-order valence-corrected chi connectivity index (χ0v) is 11.7. The third kappa shape index (κ3) is 3.09. The summed E-state index contributed by atoms with van der Waals surface area (Å²) in [6.07, 6.45) is 2.97. The molecule has 7 heteroatoms. The van der Waals surface area contributed by atoms with Gasteiger partial charge in [-0.25, -0.2) is 4.79 Å². The summed E-state index contributed by atoms with van der Waals surface area (Å²) < 4.78 is 0. The van der Waals surface area contributed by atoms with Gasteiger partial charge in [-0.1, -0.05) is 0 Å². The minimum Gasteiger partial charge on any atom is -0.480 e. The fourth-order valence-corrected chi connectivity index (χ4v) is 2.95. The summed E-state index contributed by atoms with van der Waals surface area (Å²) in [5.41, 5.74) is 0. The van der Waals surface area contributed by atoms with E-state index in [1.807, 2.05) is 11.9 Å². The first-order chi connectivity index (χ1) is 9.50. The Morgan fingerprint density at radius 1 is 1.15 bits per heavy atom. The number of carboxylic acids is 1. The van der Waals surface area contributed by atoms with E-state index in [1.165, 1.54) is 4.90 Å². The SMILES string of the molecule is CN1CCCC1C(=O)NCC(=O)N1CCC[C@H]1C(=O)O. The van der Waals surface area contributed by atoms with Crippen LogP contribution in [-0.2, 0) is 14.4 Å². The summed E-state index contributed by atoms with van der Waals surface area (Å²) in [5, 5.41) is 11.7. The number of rotatable bonds is 4. The molecule has 0 aromatic carbocycles. The van der Waals surface area contributed by atoms with Crippen LogP contribution in [0, 0.1) is 0 Å². The second-order valence-electron chi connectivity index (χ2n) is 5.44. The maximum absolute atomic E-state index is 12.0. The zero-order chi connectivity index (χ0) is 14.7. The summed E-state index contributed by atoms with van der Waals surface area (Å²) in [5.74, 6) is -1.44. The van der Waals surface area contributed by atoms with Crippen molar-refractivity contribution < 1.29 is 19.5 Å². The fourth-order valence-electron chi connectivity index (χ4n) is 2.95. The average molecular weight is 283 g/mol. The van der Waals surface area contributed by atoms with E-state index >= 15 is 0 Å². The van der Waals surface area contributed by atoms with Gasteiger partial charge in [0.25, 0.3) is 0 Å². The number of carbonyl (C=O) groups is 3. The molecule has 7 nitrogen and oxygen atoms in total. The lowest BCUT2D eigenvalue weighted by Gasteiger charge is -2.23. The van der Waals surface area contributed by atoms with Gasteiger partial charge in [0, 0.05) is 6.54 Å². The van der Waals surface area contributed by atoms with Gasteiger partial charge in [-0.15, -0.1) is 0 Å². The molecule has 2 heterocycles. The molecule has 2 atom stereocenters. The lowest BCUT2D eigenvalue weighted by atomic mass is 10.2. The number of hydrogen-bond donors (Lipinski definition) is 2. The molecule has 0 aromatic rings. The predicted molar refractivity (Wildman–Crippen MR) is 71.0 cm³/mol. The second-order valence-corrected chi connectivity index (χ2v) is 5.44. The van der Waals surface area contributed by atoms with Crippen molar-refractivity contribution in [3.05, 3.63) is 0 Å². The number of aliphatic carboxylic acids is 1. The van der Waals surface area contributed by atoms with E-state index in [4.69, 9.17) is 5.11 Å². The van der Waals surface area contributed by atoms with Crippen LogP contribution in [0.3, 0.4) is 0 Å². The fraction of sp³-hybridized carbons (Fsp3) is 0.769. The predicted octanol–water partition coefficient (Wildman–Crippen LogP) is -0.728. The molecule has 0 spiro atoms. The van der Waals surface area contributed by atoms with Gasteiger partial charge in [0.2, 0.25) is 11.8 Å². The molecule has 0 radical (unpaired) electrons. The van der Waals surface area contributed by atoms with Crippen LogP contribution in [0.2, 0.25) is 0 Å². The van der Waals surface area contributed by atoms with Crippen molar-refractivity contribution >= 4 is 17.8 Å². The summed E-state index contributed by atoms with van der Waals surface area (Å²) in [6.45, 7) is 1.22. The van der Waals surface area contributed by atoms with Crippen molar-refractivity contribution in [3.63, 3.8) is 0 Å². The molecule has 2 aliphatic heterocycles. The minimum absolute atomic E-state index is 0.118. The van der Waals surface area contributed by atoms with E-state index in [0.717, 1.165) is 19.4 Å². The Morgan fingerprint density at radius 2 is 1.80 bits per heavy atom. The quantitative estimate of drug-likeness (QED) is 0.710. The number of hydrogen-bond acceptors (Lipinski definition) is 4. The van der Waals surface area contributed by atoms with Gasteiger partial charge in [0.15, 0.2) is 0 Å². The van der Waals surface area contributed by atoms with E-state index in [-0.39, 0.29) is 24.4 Å². The molecule has 1 unspecified atom stereocenters. The van der Waals surface area contributed by atoms with Gasteiger partial charge in [-0.3, -0.25) is 14.5 Å². The third-order valence-corrected chi connectivity index (χ3v) is 4.10. The summed E-state index contributed by atoms with van der Waals surface area (Å²) in [7, 11) is 1.89. The minimum atomic E-state index is -0.974. The standard InChI is InChI=1S/C13H21N3O4/c1-15-6-2-4-9(15)12(18)14-8-11(17)16-7-3-5-10(16)13(19)20/h9-10H,2-8H2,1H3,(H,14,18)(H,19,20)/t9?,10-/m0/s1. The molecule has 2 rings (SSSR count). The van der Waals surface area contributed by atoms with Crippen molar-refractivity contribution in [3.8, 4) is 0 Å². The monoisotopic (exact) mass is 283 g/mol. The van der Waals surface area contributed by atoms with Crippen molar-refractivity contribution in [2.24, 2.45) is 0 Å². The zero-order valence-electron chi connectivity index (χ0n) is 11.7. The molecular weight excluding hydrogens is 262 g/mol. The van der Waals surface area contributed by atoms with Gasteiger partial charge in [-0.2, -0.15) is 0 Å². The van der Waals surface area contributed by atoms with Gasteiger partial charge < -0.3 is 15.3 Å². The van der Waals surface area contributed by atoms with Crippen LogP contribution in [-0.4, -0.2) is 71.5 Å². The number of carboxylic acid groups (broad SMARTS) is 1. The highest BCUT2D eigenvalue weighted by atomic mass is 16.4. The molecule has 2 saturated heterocycles. The number of amides is 2. The Labute approximate surface area is 117 Å². The van der Waals surface area contributed by atoms with Crippen molar-refractivity contribution in [1.29, 1.82) is 0 Å². The van der Waals surface area contributed by atoms with Gasteiger partial charge in [0.05, 0.1) is 12.6 Å². The first kappa shape index (κ1) is 14.8. The molecule has 20 heavy (non-hydrogen) atoms. The Morgan fingerprint density at radius 3 is 2.40 bits per heavy atom. The Bertz CT molecular complexity index is 412. The van der Waals surface area contributed by atoms with E-state index < -0.39 is 12.0 Å². The van der Waals surface area contributed by atoms with E-state index in [0.29, 0.717) is 19.4 Å². The van der Waals surface area contributed by atoms with Crippen LogP contribution in [0.5, 0.6) is 0 Å². The molecule has 0 aromatic heterocycles. The van der Waals surface area contributed by atoms with Crippen molar-refractivity contribution in [2.75, 3.05) is 26.7 Å². The second kappa shape index (κ2) is 6.21. The Hall–Kier alpha value is -1.63. The molecule has 2 fully saturated rings. The number of likely N-dealkylation sites (N-methyl/N-ethyl adjacent to an activating group) is 1. The summed E-state index contributed by atoms with van der Waals surface area (Å²) >= 11 is 0. The maximum atomic E-state index is 12.0. The molecule has 0 bridgehead atoms. The highest BCUT2D eigenvalue weighted by Crippen LogP contribution is 2.17. The smallest absolute Gasteiger partial charge is 0.326 e. The largest absolute Gasteiger partial charge is 0.480 e. The average Bonchev–Trinajstić information content (AvgIpc) is 3.03. The highest BCUT2D eigenvalue weighted by Gasteiger charge is 2.34. The van der Waals surface area contributed by atoms with Crippen molar-refractivity contribution in [2.45, 2.75) is 37.8 Å². The first-order valence-corrected chi connectivity index (χ1v) is 7.01. The van der Waals surface area contributed by atoms with Crippen LogP contribution in [0.15, 0.2) is 0 Å². The van der Waals surface area contributed by atoms with E-state index in [2.05, 4.69) is 5.32 Å². The first-order valence-electron chi connectivity index (χ1n) is 7.01. The summed E-state index contributed by atoms with van der Waals surface area (Å²) in [6, 6.07) is -0.912. The van der Waals surface area contributed by atoms with Crippen LogP contribution >= 0.6 is 0 Å². The van der Waals surface area contributed by atoms with Crippen molar-refractivity contribution in [1.82, 2.24) is 15.1 Å². The Kier molecular flexibility index (Phi) is 4.59. The number of carbonyl (C=O) groups excluding carboxylic acids is 2. The lowest BCUT2D eigenvalue weighted by Crippen LogP contribution is -2.48. The number of likely N-dealkylation sites (tertiary alicyclic amines) is 2. The van der Waals surface area contributed by atoms with Crippen LogP contribution < -0.4 is 5.32 Å². The third-order valence-electron chi connectivity index (χ3n) is 4.10. The number of nitrogens with zero attached hydrogens (tertiary/aromatic N) is 2. The Balaban J connectivity index is 1.83. The molecule has 2 aliphatic rings. The van der Waals surface area contributed by atoms with Crippen LogP contribution in [0.4, 0.5) is 0 Å². The van der Waals surface area contributed by atoms with Crippen LogP contribution in [0.25, 0.3) is 0 Å². The van der Waals surface area contributed by atoms with Gasteiger partial charge in [-0.05, 0) is 39.3 Å². The van der Waals surface area contributed by atoms with E-state index in [9.17, 15) is 14.4 Å².